The van der Waals surface area contributed by atoms with Gasteiger partial charge >= 0.3 is 0 Å². The summed E-state index contributed by atoms with van der Waals surface area (Å²) in [6.07, 6.45) is 15.0. The predicted molar refractivity (Wildman–Crippen MR) is 241 cm³/mol. The zero-order chi connectivity index (χ0) is 38.8. The summed E-state index contributed by atoms with van der Waals surface area (Å²) >= 11 is 9.76. The van der Waals surface area contributed by atoms with Crippen LogP contribution in [0.25, 0.3) is 0 Å². The van der Waals surface area contributed by atoms with Crippen molar-refractivity contribution in [3.63, 3.8) is 0 Å². The summed E-state index contributed by atoms with van der Waals surface area (Å²) in [6.45, 7) is 38.4. The van der Waals surface area contributed by atoms with Crippen molar-refractivity contribution in [2.75, 3.05) is 0 Å². The molecule has 0 saturated heterocycles. The summed E-state index contributed by atoms with van der Waals surface area (Å²) in [7, 11) is 0. The van der Waals surface area contributed by atoms with Gasteiger partial charge in [0.2, 0.25) is 0 Å². The van der Waals surface area contributed by atoms with E-state index in [-0.39, 0.29) is 43.3 Å². The van der Waals surface area contributed by atoms with E-state index < -0.39 is 13.0 Å². The highest BCUT2D eigenvalue weighted by atomic mass is 79.9. The van der Waals surface area contributed by atoms with E-state index in [9.17, 15) is 0 Å². The molecule has 0 radical (unpaired) electrons. The van der Waals surface area contributed by atoms with Gasteiger partial charge in [-0.15, -0.1) is 0 Å². The van der Waals surface area contributed by atoms with Crippen LogP contribution >= 0.6 is 30.6 Å². The summed E-state index contributed by atoms with van der Waals surface area (Å²) in [5, 5.41) is 3.61. The SMILES string of the molecule is CCC1(CC)CC(C)(C)c2c1cc1c(c2/[Si](Br)=[Si](\Br)c2c3c(cc4c2C(C)(C)CC4(CC)CC)C(CC)(CC)CC3(C)C)C(C)(C)CC1(CC)CC. The maximum atomic E-state index is 4.88. The van der Waals surface area contributed by atoms with Gasteiger partial charge in [-0.2, -0.15) is 0 Å². The second-order valence-corrected chi connectivity index (χ2v) is 35.4. The third-order valence-corrected chi connectivity index (χ3v) is 36.0. The van der Waals surface area contributed by atoms with E-state index in [1.165, 1.54) is 77.0 Å². The number of benzene rings is 2. The first kappa shape index (κ1) is 41.5. The van der Waals surface area contributed by atoms with Gasteiger partial charge in [-0.3, -0.25) is 0 Å². The fourth-order valence-corrected chi connectivity index (χ4v) is 26.1. The molecule has 0 heterocycles. The highest BCUT2D eigenvalue weighted by molar-refractivity contribution is 9.31. The minimum atomic E-state index is -1.23. The smallest absolute Gasteiger partial charge is 0.0969 e. The second kappa shape index (κ2) is 13.2. The van der Waals surface area contributed by atoms with Gasteiger partial charge in [0, 0.05) is 0 Å². The maximum Gasteiger partial charge on any atom is 0.123 e. The van der Waals surface area contributed by atoms with Crippen LogP contribution in [0.4, 0.5) is 0 Å². The van der Waals surface area contributed by atoms with Crippen LogP contribution in [0.3, 0.4) is 0 Å². The van der Waals surface area contributed by atoms with Crippen LogP contribution in [0.1, 0.15) is 232 Å². The molecule has 288 valence electrons. The van der Waals surface area contributed by atoms with E-state index in [1.54, 1.807) is 54.9 Å². The van der Waals surface area contributed by atoms with Crippen molar-refractivity contribution < 1.29 is 0 Å². The Balaban J connectivity index is 1.85. The molecule has 0 bridgehead atoms. The fourth-order valence-electron chi connectivity index (χ4n) is 14.2. The van der Waals surface area contributed by atoms with Crippen LogP contribution in [0.5, 0.6) is 0 Å². The van der Waals surface area contributed by atoms with Crippen molar-refractivity contribution in [3.8, 4) is 0 Å². The van der Waals surface area contributed by atoms with Crippen molar-refractivity contribution in [1.29, 1.82) is 0 Å². The average Bonchev–Trinajstić information content (AvgIpc) is 3.69. The Labute approximate surface area is 339 Å². The van der Waals surface area contributed by atoms with Crippen molar-refractivity contribution in [2.24, 2.45) is 0 Å². The minimum Gasteiger partial charge on any atom is -0.0969 e. The van der Waals surface area contributed by atoms with Gasteiger partial charge in [0.25, 0.3) is 0 Å². The predicted octanol–water partition coefficient (Wildman–Crippen LogP) is 13.6. The van der Waals surface area contributed by atoms with Crippen LogP contribution in [-0.4, -0.2) is 13.0 Å². The number of rotatable bonds is 10. The van der Waals surface area contributed by atoms with E-state index in [2.05, 4.69) is 123 Å². The summed E-state index contributed by atoms with van der Waals surface area (Å²) in [5.41, 5.74) is 15.7. The van der Waals surface area contributed by atoms with Crippen molar-refractivity contribution >= 4 is 54.0 Å². The van der Waals surface area contributed by atoms with Gasteiger partial charge in [-0.05, 0) is 175 Å². The number of halogens is 2. The maximum absolute atomic E-state index is 4.88. The normalized spacial score (nSPS) is 24.7. The molecule has 6 rings (SSSR count). The third-order valence-electron chi connectivity index (χ3n) is 16.8. The second-order valence-electron chi connectivity index (χ2n) is 21.0. The lowest BCUT2D eigenvalue weighted by Gasteiger charge is -2.33. The molecule has 0 amide bonds. The molecule has 0 spiro atoms. The van der Waals surface area contributed by atoms with Gasteiger partial charge in [-0.25, -0.2) is 0 Å². The molecule has 0 unspecified atom stereocenters. The van der Waals surface area contributed by atoms with E-state index in [1.807, 2.05) is 0 Å². The highest BCUT2D eigenvalue weighted by Gasteiger charge is 2.56. The lowest BCUT2D eigenvalue weighted by atomic mass is 9.72. The quantitative estimate of drug-likeness (QED) is 0.165. The van der Waals surface area contributed by atoms with Gasteiger partial charge in [0.1, 0.15) is 13.0 Å². The van der Waals surface area contributed by atoms with Gasteiger partial charge in [-0.1, -0.05) is 153 Å². The zero-order valence-corrected chi connectivity index (χ0v) is 41.6. The molecule has 4 aliphatic carbocycles. The zero-order valence-electron chi connectivity index (χ0n) is 36.4. The molecule has 0 atom stereocenters. The molecule has 2 aromatic rings. The Morgan fingerprint density at radius 3 is 0.712 bits per heavy atom. The van der Waals surface area contributed by atoms with Gasteiger partial charge in [0.15, 0.2) is 0 Å². The van der Waals surface area contributed by atoms with Crippen LogP contribution in [0, 0.1) is 0 Å². The van der Waals surface area contributed by atoms with E-state index in [0.717, 1.165) is 0 Å². The van der Waals surface area contributed by atoms with Crippen LogP contribution < -0.4 is 10.4 Å². The summed E-state index contributed by atoms with van der Waals surface area (Å²) in [6, 6.07) is 5.66. The molecule has 4 aliphatic rings. The van der Waals surface area contributed by atoms with Gasteiger partial charge in [0.05, 0.1) is 0 Å². The molecule has 0 nitrogen and oxygen atoms in total. The molecule has 0 saturated carbocycles. The van der Waals surface area contributed by atoms with Crippen LogP contribution in [0.15, 0.2) is 12.1 Å². The minimum absolute atomic E-state index is 0.155. The van der Waals surface area contributed by atoms with Crippen LogP contribution in [0.2, 0.25) is 0 Å². The Kier molecular flexibility index (Phi) is 10.5. The Morgan fingerprint density at radius 1 is 0.385 bits per heavy atom. The third kappa shape index (κ3) is 5.44. The first-order valence-electron chi connectivity index (χ1n) is 21.6. The largest absolute Gasteiger partial charge is 0.123 e. The Morgan fingerprint density at radius 2 is 0.558 bits per heavy atom. The fraction of sp³-hybridized carbons (Fsp3) is 0.750. The molecule has 2 aromatic carbocycles. The first-order chi connectivity index (χ1) is 24.1. The topological polar surface area (TPSA) is 0 Å². The molecular formula is C48H74Br2Si2. The van der Waals surface area contributed by atoms with Crippen molar-refractivity contribution in [1.82, 2.24) is 0 Å². The van der Waals surface area contributed by atoms with E-state index in [4.69, 9.17) is 30.6 Å². The monoisotopic (exact) mass is 864 g/mol. The Hall–Kier alpha value is -0.166. The highest BCUT2D eigenvalue weighted by Crippen LogP contribution is 2.61. The molecule has 0 aliphatic heterocycles. The van der Waals surface area contributed by atoms with Crippen LogP contribution in [-0.2, 0) is 43.3 Å². The van der Waals surface area contributed by atoms with Crippen molar-refractivity contribution in [3.05, 3.63) is 56.6 Å². The number of fused-ring (bicyclic) bond motifs is 4. The average molecular weight is 867 g/mol. The molecule has 0 fully saturated rings. The first-order valence-corrected chi connectivity index (χ1v) is 30.1. The molecule has 0 aromatic heterocycles. The molecule has 4 heteroatoms. The Bertz CT molecular complexity index is 1560. The van der Waals surface area contributed by atoms with E-state index in [0.29, 0.717) is 0 Å². The summed E-state index contributed by atoms with van der Waals surface area (Å²) < 4.78 is 0. The summed E-state index contributed by atoms with van der Waals surface area (Å²) in [5.74, 6) is 0. The molecule has 0 N–H and O–H groups in total. The van der Waals surface area contributed by atoms with Crippen molar-refractivity contribution in [2.45, 2.75) is 231 Å². The summed E-state index contributed by atoms with van der Waals surface area (Å²) in [4.78, 5) is 0. The lowest BCUT2D eigenvalue weighted by molar-refractivity contribution is 0.322. The molecule has 52 heavy (non-hydrogen) atoms. The standard InChI is InChI=1S/C48H74Br2Si2/c1-17-45(18-2)27-41(9,10)35-31(45)25-32-36(42(11,12)28-46(32,19-3)20-4)39(35)51(49)52(50)40-37-33(47(21-5,22-6)29-43(37,13)14)26-34-38(40)44(15,16)30-48(34,23-7)24-8/h25-26H,17-24,27-30H2,1-16H3/b52-51+. The number of hydrogen-bond donors (Lipinski definition) is 0. The molecular weight excluding hydrogens is 793 g/mol. The van der Waals surface area contributed by atoms with E-state index >= 15 is 0 Å². The number of hydrogen-bond acceptors (Lipinski definition) is 0. The lowest BCUT2D eigenvalue weighted by Crippen LogP contribution is -2.44. The van der Waals surface area contributed by atoms with Gasteiger partial charge < -0.3 is 0 Å².